The molecule has 0 radical (unpaired) electrons. The average molecular weight is 413 g/mol. The predicted molar refractivity (Wildman–Crippen MR) is 106 cm³/mol. The van der Waals surface area contributed by atoms with Crippen molar-refractivity contribution in [3.63, 3.8) is 0 Å². The Labute approximate surface area is 167 Å². The van der Waals surface area contributed by atoms with E-state index in [2.05, 4.69) is 20.2 Å². The molecule has 0 aliphatic carbocycles. The standard InChI is InChI=1S/C18H15N5O3S2/c1-23-16(13-8-25-11-4-2-3-5-12(11)26-13)21-22-18(23)28-9-14-19-10-6-7-27-15(10)17(24)20-14/h2-7,13H,8-9H2,1H3,(H,19,20,24). The Morgan fingerprint density at radius 2 is 2.14 bits per heavy atom. The van der Waals surface area contributed by atoms with Crippen LogP contribution in [0.3, 0.4) is 0 Å². The van der Waals surface area contributed by atoms with E-state index in [9.17, 15) is 4.79 Å². The highest BCUT2D eigenvalue weighted by atomic mass is 32.2. The molecular weight excluding hydrogens is 398 g/mol. The molecule has 10 heteroatoms. The van der Waals surface area contributed by atoms with E-state index in [0.29, 0.717) is 39.6 Å². The topological polar surface area (TPSA) is 94.9 Å². The number of thiophene rings is 1. The number of benzene rings is 1. The third-order valence-electron chi connectivity index (χ3n) is 4.37. The summed E-state index contributed by atoms with van der Waals surface area (Å²) in [4.78, 5) is 19.4. The number of H-pyrrole nitrogens is 1. The monoisotopic (exact) mass is 413 g/mol. The molecule has 0 spiro atoms. The summed E-state index contributed by atoms with van der Waals surface area (Å²) in [7, 11) is 1.89. The molecule has 0 saturated heterocycles. The van der Waals surface area contributed by atoms with Crippen molar-refractivity contribution in [1.29, 1.82) is 0 Å². The van der Waals surface area contributed by atoms with E-state index in [1.165, 1.54) is 23.1 Å². The number of nitrogens with zero attached hydrogens (tertiary/aromatic N) is 4. The van der Waals surface area contributed by atoms with Gasteiger partial charge in [-0.3, -0.25) is 4.79 Å². The maximum atomic E-state index is 12.1. The minimum atomic E-state index is -0.332. The Morgan fingerprint density at radius 3 is 3.04 bits per heavy atom. The van der Waals surface area contributed by atoms with Crippen LogP contribution in [0.25, 0.3) is 10.2 Å². The van der Waals surface area contributed by atoms with E-state index < -0.39 is 0 Å². The molecule has 4 aromatic rings. The molecule has 0 bridgehead atoms. The number of hydrogen-bond acceptors (Lipinski definition) is 8. The first kappa shape index (κ1) is 17.3. The Balaban J connectivity index is 1.33. The average Bonchev–Trinajstić information content (AvgIpc) is 3.33. The van der Waals surface area contributed by atoms with Gasteiger partial charge in [0, 0.05) is 7.05 Å². The summed E-state index contributed by atoms with van der Waals surface area (Å²) >= 11 is 2.84. The zero-order valence-electron chi connectivity index (χ0n) is 14.8. The van der Waals surface area contributed by atoms with Gasteiger partial charge in [0.05, 0.1) is 11.3 Å². The molecule has 5 rings (SSSR count). The van der Waals surface area contributed by atoms with Gasteiger partial charge in [-0.2, -0.15) is 0 Å². The number of para-hydroxylation sites is 2. The smallest absolute Gasteiger partial charge is 0.268 e. The number of nitrogens with one attached hydrogen (secondary N) is 1. The van der Waals surface area contributed by atoms with Crippen molar-refractivity contribution in [3.05, 3.63) is 57.7 Å². The quantitative estimate of drug-likeness (QED) is 0.514. The number of rotatable bonds is 4. The summed E-state index contributed by atoms with van der Waals surface area (Å²) in [5.74, 6) is 3.21. The lowest BCUT2D eigenvalue weighted by atomic mass is 10.2. The summed E-state index contributed by atoms with van der Waals surface area (Å²) in [6.45, 7) is 0.372. The van der Waals surface area contributed by atoms with Crippen LogP contribution in [0.1, 0.15) is 17.8 Å². The number of fused-ring (bicyclic) bond motifs is 2. The largest absolute Gasteiger partial charge is 0.485 e. The fourth-order valence-corrected chi connectivity index (χ4v) is 4.52. The van der Waals surface area contributed by atoms with E-state index in [4.69, 9.17) is 9.47 Å². The first-order chi connectivity index (χ1) is 13.7. The third kappa shape index (κ3) is 3.04. The number of thioether (sulfide) groups is 1. The molecule has 1 aromatic carbocycles. The first-order valence-electron chi connectivity index (χ1n) is 8.56. The van der Waals surface area contributed by atoms with Gasteiger partial charge in [-0.1, -0.05) is 23.9 Å². The van der Waals surface area contributed by atoms with Crippen molar-refractivity contribution in [2.45, 2.75) is 17.0 Å². The summed E-state index contributed by atoms with van der Waals surface area (Å²) < 4.78 is 14.3. The molecule has 1 unspecified atom stereocenters. The van der Waals surface area contributed by atoms with E-state index >= 15 is 0 Å². The molecule has 28 heavy (non-hydrogen) atoms. The van der Waals surface area contributed by atoms with Crippen LogP contribution < -0.4 is 15.0 Å². The van der Waals surface area contributed by atoms with Crippen LogP contribution in [-0.2, 0) is 12.8 Å². The maximum absolute atomic E-state index is 12.1. The molecule has 3 aromatic heterocycles. The molecule has 8 nitrogen and oxygen atoms in total. The highest BCUT2D eigenvalue weighted by molar-refractivity contribution is 7.98. The molecule has 1 atom stereocenters. The van der Waals surface area contributed by atoms with Crippen LogP contribution in [0.5, 0.6) is 11.5 Å². The van der Waals surface area contributed by atoms with Gasteiger partial charge in [0.2, 0.25) is 0 Å². The lowest BCUT2D eigenvalue weighted by Crippen LogP contribution is -2.24. The van der Waals surface area contributed by atoms with E-state index in [0.717, 1.165) is 11.3 Å². The van der Waals surface area contributed by atoms with Crippen LogP contribution in [0.15, 0.2) is 45.7 Å². The second-order valence-corrected chi connectivity index (χ2v) is 8.06. The van der Waals surface area contributed by atoms with Crippen molar-refractivity contribution in [2.24, 2.45) is 7.05 Å². The Hall–Kier alpha value is -2.85. The van der Waals surface area contributed by atoms with Crippen LogP contribution >= 0.6 is 23.1 Å². The van der Waals surface area contributed by atoms with Crippen molar-refractivity contribution in [1.82, 2.24) is 24.7 Å². The minimum Gasteiger partial charge on any atom is -0.485 e. The molecule has 142 valence electrons. The van der Waals surface area contributed by atoms with Gasteiger partial charge in [0.15, 0.2) is 28.6 Å². The normalized spacial score (nSPS) is 15.8. The van der Waals surface area contributed by atoms with Gasteiger partial charge >= 0.3 is 0 Å². The lowest BCUT2D eigenvalue weighted by Gasteiger charge is -2.25. The van der Waals surface area contributed by atoms with Crippen LogP contribution in [0.4, 0.5) is 0 Å². The van der Waals surface area contributed by atoms with Crippen LogP contribution in [0.2, 0.25) is 0 Å². The summed E-state index contributed by atoms with van der Waals surface area (Å²) in [6, 6.07) is 9.41. The highest BCUT2D eigenvalue weighted by Gasteiger charge is 2.27. The third-order valence-corrected chi connectivity index (χ3v) is 6.30. The maximum Gasteiger partial charge on any atom is 0.268 e. The summed E-state index contributed by atoms with van der Waals surface area (Å²) in [6.07, 6.45) is -0.332. The second kappa shape index (κ2) is 6.95. The SMILES string of the molecule is Cn1c(SCc2nc3ccsc3c(=O)[nH]2)nnc1C1COc2ccccc2O1. The van der Waals surface area contributed by atoms with Crippen LogP contribution in [-0.4, -0.2) is 31.3 Å². The number of aromatic amines is 1. The van der Waals surface area contributed by atoms with Gasteiger partial charge in [0.25, 0.3) is 5.56 Å². The van der Waals surface area contributed by atoms with Gasteiger partial charge in [-0.25, -0.2) is 4.98 Å². The van der Waals surface area contributed by atoms with Gasteiger partial charge < -0.3 is 19.0 Å². The van der Waals surface area contributed by atoms with E-state index in [-0.39, 0.29) is 11.7 Å². The van der Waals surface area contributed by atoms with Crippen molar-refractivity contribution in [3.8, 4) is 11.5 Å². The fraction of sp³-hybridized carbons (Fsp3) is 0.222. The molecule has 1 aliphatic heterocycles. The van der Waals surface area contributed by atoms with Crippen LogP contribution in [0, 0.1) is 0 Å². The molecule has 1 aliphatic rings. The van der Waals surface area contributed by atoms with Gasteiger partial charge in [0.1, 0.15) is 17.1 Å². The Kier molecular flexibility index (Phi) is 4.29. The van der Waals surface area contributed by atoms with Gasteiger partial charge in [-0.15, -0.1) is 21.5 Å². The predicted octanol–water partition coefficient (Wildman–Crippen LogP) is 2.92. The number of ether oxygens (including phenoxy) is 2. The summed E-state index contributed by atoms with van der Waals surface area (Å²) in [5, 5.41) is 11.1. The fourth-order valence-electron chi connectivity index (χ4n) is 3.00. The number of hydrogen-bond donors (Lipinski definition) is 1. The zero-order chi connectivity index (χ0) is 19.1. The molecule has 1 N–H and O–H groups in total. The summed E-state index contributed by atoms with van der Waals surface area (Å²) in [5.41, 5.74) is 0.607. The second-order valence-electron chi connectivity index (χ2n) is 6.20. The Morgan fingerprint density at radius 1 is 1.29 bits per heavy atom. The molecule has 4 heterocycles. The molecular formula is C18H15N5O3S2. The van der Waals surface area contributed by atoms with Gasteiger partial charge in [-0.05, 0) is 23.6 Å². The van der Waals surface area contributed by atoms with Crippen molar-refractivity contribution >= 4 is 33.3 Å². The van der Waals surface area contributed by atoms with E-state index in [1.807, 2.05) is 47.3 Å². The van der Waals surface area contributed by atoms with Crippen molar-refractivity contribution < 1.29 is 9.47 Å². The Bertz CT molecular complexity index is 1220. The highest BCUT2D eigenvalue weighted by Crippen LogP contribution is 2.35. The molecule has 0 amide bonds. The van der Waals surface area contributed by atoms with Crippen molar-refractivity contribution in [2.75, 3.05) is 6.61 Å². The van der Waals surface area contributed by atoms with E-state index in [1.54, 1.807) is 0 Å². The minimum absolute atomic E-state index is 0.110. The zero-order valence-corrected chi connectivity index (χ0v) is 16.4. The first-order valence-corrected chi connectivity index (χ1v) is 10.4. The number of aromatic nitrogens is 5. The lowest BCUT2D eigenvalue weighted by molar-refractivity contribution is 0.0825. The molecule has 0 fully saturated rings. The molecule has 0 saturated carbocycles.